The summed E-state index contributed by atoms with van der Waals surface area (Å²) in [5, 5.41) is 10.3. The van der Waals surface area contributed by atoms with E-state index in [0.29, 0.717) is 12.5 Å². The van der Waals surface area contributed by atoms with Gasteiger partial charge in [0.25, 0.3) is 0 Å². The Bertz CT molecular complexity index is 293. The summed E-state index contributed by atoms with van der Waals surface area (Å²) in [5.41, 5.74) is 0. The van der Waals surface area contributed by atoms with Gasteiger partial charge >= 0.3 is 0 Å². The van der Waals surface area contributed by atoms with Gasteiger partial charge in [0.15, 0.2) is 5.82 Å². The van der Waals surface area contributed by atoms with Crippen LogP contribution >= 0.6 is 0 Å². The molecule has 2 N–H and O–H groups in total. The molecule has 15 heavy (non-hydrogen) atoms. The molecule has 1 unspecified atom stereocenters. The molecule has 1 atom stereocenters. The number of piperidine rings is 1. The molecular weight excluding hydrogens is 192 g/mol. The Kier molecular flexibility index (Phi) is 3.69. The van der Waals surface area contributed by atoms with Crippen molar-refractivity contribution in [3.8, 4) is 0 Å². The molecular formula is C10H18N4O. The molecule has 2 rings (SSSR count). The summed E-state index contributed by atoms with van der Waals surface area (Å²) in [7, 11) is 1.88. The highest BCUT2D eigenvalue weighted by atomic mass is 16.5. The minimum atomic E-state index is 0.654. The minimum absolute atomic E-state index is 0.654. The molecule has 0 amide bonds. The lowest BCUT2D eigenvalue weighted by Crippen LogP contribution is -2.30. The fourth-order valence-electron chi connectivity index (χ4n) is 1.95. The van der Waals surface area contributed by atoms with E-state index in [-0.39, 0.29) is 0 Å². The van der Waals surface area contributed by atoms with Gasteiger partial charge in [0.05, 0.1) is 6.54 Å². The van der Waals surface area contributed by atoms with E-state index in [1.54, 1.807) is 0 Å². The van der Waals surface area contributed by atoms with Crippen LogP contribution in [0.15, 0.2) is 4.52 Å². The van der Waals surface area contributed by atoms with E-state index in [2.05, 4.69) is 20.8 Å². The van der Waals surface area contributed by atoms with Gasteiger partial charge in [-0.05, 0) is 38.9 Å². The van der Waals surface area contributed by atoms with Gasteiger partial charge in [0.2, 0.25) is 5.89 Å². The maximum Gasteiger partial charge on any atom is 0.227 e. The average molecular weight is 210 g/mol. The Hall–Kier alpha value is -0.940. The second-order valence-electron chi connectivity index (χ2n) is 4.05. The minimum Gasteiger partial charge on any atom is -0.339 e. The molecule has 5 nitrogen and oxygen atoms in total. The second-order valence-corrected chi connectivity index (χ2v) is 4.05. The van der Waals surface area contributed by atoms with Crippen molar-refractivity contribution in [3.05, 3.63) is 11.7 Å². The van der Waals surface area contributed by atoms with Gasteiger partial charge in [0.1, 0.15) is 0 Å². The number of hydrogen-bond donors (Lipinski definition) is 2. The van der Waals surface area contributed by atoms with Gasteiger partial charge in [-0.25, -0.2) is 0 Å². The van der Waals surface area contributed by atoms with Crippen molar-refractivity contribution in [1.82, 2.24) is 20.8 Å². The van der Waals surface area contributed by atoms with Gasteiger partial charge in [-0.2, -0.15) is 4.98 Å². The Morgan fingerprint density at radius 2 is 2.53 bits per heavy atom. The molecule has 1 saturated heterocycles. The van der Waals surface area contributed by atoms with Crippen molar-refractivity contribution in [2.45, 2.75) is 25.8 Å². The van der Waals surface area contributed by atoms with Crippen molar-refractivity contribution >= 4 is 0 Å². The van der Waals surface area contributed by atoms with Crippen molar-refractivity contribution < 1.29 is 4.52 Å². The fourth-order valence-corrected chi connectivity index (χ4v) is 1.95. The largest absolute Gasteiger partial charge is 0.339 e. The van der Waals surface area contributed by atoms with E-state index >= 15 is 0 Å². The van der Waals surface area contributed by atoms with Crippen molar-refractivity contribution in [2.75, 3.05) is 20.1 Å². The standard InChI is InChI=1S/C10H18N4O/c1-11-7-9-13-10(15-14-9)5-8-3-2-4-12-6-8/h8,11-12H,2-7H2,1H3. The Morgan fingerprint density at radius 3 is 3.27 bits per heavy atom. The first-order valence-corrected chi connectivity index (χ1v) is 5.55. The van der Waals surface area contributed by atoms with E-state index < -0.39 is 0 Å². The number of nitrogens with zero attached hydrogens (tertiary/aromatic N) is 2. The molecule has 0 saturated carbocycles. The molecule has 0 radical (unpaired) electrons. The predicted octanol–water partition coefficient (Wildman–Crippen LogP) is 0.331. The second kappa shape index (κ2) is 5.23. The molecule has 1 aliphatic rings. The maximum atomic E-state index is 5.19. The lowest BCUT2D eigenvalue weighted by Gasteiger charge is -2.20. The normalized spacial score (nSPS) is 21.8. The lowest BCUT2D eigenvalue weighted by atomic mass is 9.96. The first-order valence-electron chi connectivity index (χ1n) is 5.55. The highest BCUT2D eigenvalue weighted by Gasteiger charge is 2.16. The molecule has 1 aromatic rings. The molecule has 0 aliphatic carbocycles. The maximum absolute atomic E-state index is 5.19. The van der Waals surface area contributed by atoms with Crippen LogP contribution in [0.1, 0.15) is 24.6 Å². The van der Waals surface area contributed by atoms with E-state index in [1.807, 2.05) is 7.05 Å². The Morgan fingerprint density at radius 1 is 1.60 bits per heavy atom. The first kappa shape index (κ1) is 10.6. The summed E-state index contributed by atoms with van der Waals surface area (Å²) in [6.07, 6.45) is 3.42. The van der Waals surface area contributed by atoms with Crippen molar-refractivity contribution in [3.63, 3.8) is 0 Å². The molecule has 0 spiro atoms. The average Bonchev–Trinajstić information content (AvgIpc) is 2.68. The van der Waals surface area contributed by atoms with Gasteiger partial charge in [0, 0.05) is 6.42 Å². The Balaban J connectivity index is 1.86. The van der Waals surface area contributed by atoms with Crippen LogP contribution in [0.2, 0.25) is 0 Å². The van der Waals surface area contributed by atoms with Gasteiger partial charge in [-0.1, -0.05) is 5.16 Å². The molecule has 1 aromatic heterocycles. The summed E-state index contributed by atoms with van der Waals surface area (Å²) in [5.74, 6) is 2.17. The molecule has 1 aliphatic heterocycles. The summed E-state index contributed by atoms with van der Waals surface area (Å²) in [6, 6.07) is 0. The van der Waals surface area contributed by atoms with Crippen LogP contribution in [0, 0.1) is 5.92 Å². The third-order valence-electron chi connectivity index (χ3n) is 2.71. The van der Waals surface area contributed by atoms with Gasteiger partial charge < -0.3 is 15.2 Å². The number of hydrogen-bond acceptors (Lipinski definition) is 5. The zero-order chi connectivity index (χ0) is 10.5. The van der Waals surface area contributed by atoms with Crippen LogP contribution in [-0.2, 0) is 13.0 Å². The monoisotopic (exact) mass is 210 g/mol. The highest BCUT2D eigenvalue weighted by Crippen LogP contribution is 2.15. The predicted molar refractivity (Wildman–Crippen MR) is 56.4 cm³/mol. The lowest BCUT2D eigenvalue weighted by molar-refractivity contribution is 0.314. The SMILES string of the molecule is CNCc1noc(CC2CCCNC2)n1. The first-order chi connectivity index (χ1) is 7.38. The summed E-state index contributed by atoms with van der Waals surface area (Å²) < 4.78 is 5.19. The van der Waals surface area contributed by atoms with Crippen molar-refractivity contribution in [1.29, 1.82) is 0 Å². The highest BCUT2D eigenvalue weighted by molar-refractivity contribution is 4.88. The van der Waals surface area contributed by atoms with E-state index in [4.69, 9.17) is 4.52 Å². The number of aromatic nitrogens is 2. The molecule has 1 fully saturated rings. The Labute approximate surface area is 89.6 Å². The summed E-state index contributed by atoms with van der Waals surface area (Å²) >= 11 is 0. The zero-order valence-electron chi connectivity index (χ0n) is 9.12. The van der Waals surface area contributed by atoms with Crippen LogP contribution in [0.25, 0.3) is 0 Å². The van der Waals surface area contributed by atoms with Gasteiger partial charge in [-0.3, -0.25) is 0 Å². The fraction of sp³-hybridized carbons (Fsp3) is 0.800. The molecule has 5 heteroatoms. The van der Waals surface area contributed by atoms with E-state index in [9.17, 15) is 0 Å². The van der Waals surface area contributed by atoms with E-state index in [1.165, 1.54) is 12.8 Å². The van der Waals surface area contributed by atoms with Crippen LogP contribution in [0.3, 0.4) is 0 Å². The summed E-state index contributed by atoms with van der Waals surface area (Å²) in [6.45, 7) is 2.89. The molecule has 2 heterocycles. The van der Waals surface area contributed by atoms with Crippen LogP contribution in [0.4, 0.5) is 0 Å². The quantitative estimate of drug-likeness (QED) is 0.750. The van der Waals surface area contributed by atoms with Gasteiger partial charge in [-0.15, -0.1) is 0 Å². The topological polar surface area (TPSA) is 63.0 Å². The summed E-state index contributed by atoms with van der Waals surface area (Å²) in [4.78, 5) is 4.33. The third-order valence-corrected chi connectivity index (χ3v) is 2.71. The van der Waals surface area contributed by atoms with Crippen LogP contribution in [-0.4, -0.2) is 30.3 Å². The zero-order valence-corrected chi connectivity index (χ0v) is 9.12. The third kappa shape index (κ3) is 3.00. The van der Waals surface area contributed by atoms with Crippen LogP contribution < -0.4 is 10.6 Å². The number of rotatable bonds is 4. The molecule has 84 valence electrons. The van der Waals surface area contributed by atoms with Crippen LogP contribution in [0.5, 0.6) is 0 Å². The van der Waals surface area contributed by atoms with E-state index in [0.717, 1.165) is 31.2 Å². The number of nitrogens with one attached hydrogen (secondary N) is 2. The molecule has 0 aromatic carbocycles. The molecule has 0 bridgehead atoms. The smallest absolute Gasteiger partial charge is 0.227 e. The van der Waals surface area contributed by atoms with Crippen molar-refractivity contribution in [2.24, 2.45) is 5.92 Å².